The summed E-state index contributed by atoms with van der Waals surface area (Å²) < 4.78 is 11.4. The molecular formula is C17H24O5. The highest BCUT2D eigenvalue weighted by Gasteiger charge is 2.70. The molecule has 122 valence electrons. The first kappa shape index (κ1) is 15.7. The monoisotopic (exact) mass is 308 g/mol. The summed E-state index contributed by atoms with van der Waals surface area (Å²) >= 11 is 0. The van der Waals surface area contributed by atoms with Crippen LogP contribution in [0, 0.1) is 10.8 Å². The van der Waals surface area contributed by atoms with Crippen molar-refractivity contribution in [1.29, 1.82) is 0 Å². The third-order valence-electron chi connectivity index (χ3n) is 6.04. The highest BCUT2D eigenvalue weighted by atomic mass is 16.5. The quantitative estimate of drug-likeness (QED) is 0.595. The zero-order chi connectivity index (χ0) is 16.3. The molecule has 0 spiro atoms. The van der Waals surface area contributed by atoms with Gasteiger partial charge in [0.1, 0.15) is 18.8 Å². The Hall–Kier alpha value is -1.17. The molecule has 0 amide bonds. The molecule has 2 N–H and O–H groups in total. The van der Waals surface area contributed by atoms with E-state index in [9.17, 15) is 15.0 Å². The number of carbonyl (C=O) groups is 1. The van der Waals surface area contributed by atoms with Crippen LogP contribution in [0.15, 0.2) is 23.8 Å². The van der Waals surface area contributed by atoms with Crippen molar-refractivity contribution in [3.05, 3.63) is 23.8 Å². The van der Waals surface area contributed by atoms with E-state index in [1.165, 1.54) is 12.5 Å². The molecule has 1 saturated carbocycles. The van der Waals surface area contributed by atoms with E-state index in [1.54, 1.807) is 0 Å². The van der Waals surface area contributed by atoms with Gasteiger partial charge in [-0.1, -0.05) is 25.2 Å². The second-order valence-corrected chi connectivity index (χ2v) is 7.09. The van der Waals surface area contributed by atoms with E-state index in [2.05, 4.69) is 6.58 Å². The number of esters is 1. The Bertz CT molecular complexity index is 553. The number of aliphatic hydroxyl groups excluding tert-OH is 2. The molecule has 0 radical (unpaired) electrons. The molecule has 2 aliphatic carbocycles. The van der Waals surface area contributed by atoms with Crippen LogP contribution in [-0.2, 0) is 14.3 Å². The van der Waals surface area contributed by atoms with Gasteiger partial charge in [-0.3, -0.25) is 4.79 Å². The molecule has 1 aliphatic heterocycles. The van der Waals surface area contributed by atoms with Crippen molar-refractivity contribution in [2.24, 2.45) is 10.8 Å². The van der Waals surface area contributed by atoms with E-state index in [4.69, 9.17) is 9.47 Å². The van der Waals surface area contributed by atoms with Gasteiger partial charge in [-0.05, 0) is 25.3 Å². The highest BCUT2D eigenvalue weighted by Crippen LogP contribution is 2.64. The molecule has 0 unspecified atom stereocenters. The zero-order valence-electron chi connectivity index (χ0n) is 13.3. The molecule has 22 heavy (non-hydrogen) atoms. The fourth-order valence-corrected chi connectivity index (χ4v) is 4.46. The minimum Gasteiger partial charge on any atom is -0.465 e. The van der Waals surface area contributed by atoms with Gasteiger partial charge in [0.25, 0.3) is 0 Å². The normalized spacial score (nSPS) is 47.0. The van der Waals surface area contributed by atoms with Gasteiger partial charge >= 0.3 is 5.97 Å². The molecule has 5 nitrogen and oxygen atoms in total. The first-order valence-corrected chi connectivity index (χ1v) is 7.75. The fraction of sp³-hybridized carbons (Fsp3) is 0.706. The molecule has 5 heteroatoms. The summed E-state index contributed by atoms with van der Waals surface area (Å²) in [7, 11) is 0. The number of ether oxygens (including phenoxy) is 2. The number of fused-ring (bicyclic) bond motifs is 4. The van der Waals surface area contributed by atoms with E-state index in [0.29, 0.717) is 5.57 Å². The van der Waals surface area contributed by atoms with E-state index in [1.807, 2.05) is 19.9 Å². The van der Waals surface area contributed by atoms with Crippen LogP contribution in [0.1, 0.15) is 33.6 Å². The standard InChI is InChI=1S/C17H24O5/c1-9-5-6-17(8-21-11(3)18)12(7-9)22-14-10(2)16(17,4)15(20)13(14)19/h7,12-15,19-20H,2,5-6,8H2,1,3-4H3/t12-,13+,14+,15-,16-,17-/m1/s1. The van der Waals surface area contributed by atoms with Gasteiger partial charge in [0.15, 0.2) is 0 Å². The average Bonchev–Trinajstić information content (AvgIpc) is 2.58. The summed E-state index contributed by atoms with van der Waals surface area (Å²) in [5.74, 6) is -0.358. The highest BCUT2D eigenvalue weighted by molar-refractivity contribution is 5.66. The zero-order valence-corrected chi connectivity index (χ0v) is 13.3. The smallest absolute Gasteiger partial charge is 0.302 e. The number of hydrogen-bond donors (Lipinski definition) is 2. The van der Waals surface area contributed by atoms with Gasteiger partial charge in [-0.2, -0.15) is 0 Å². The van der Waals surface area contributed by atoms with Crippen molar-refractivity contribution in [2.45, 2.75) is 58.0 Å². The molecular weight excluding hydrogens is 284 g/mol. The van der Waals surface area contributed by atoms with E-state index in [0.717, 1.165) is 12.8 Å². The molecule has 0 aromatic heterocycles. The van der Waals surface area contributed by atoms with Crippen LogP contribution in [0.4, 0.5) is 0 Å². The summed E-state index contributed by atoms with van der Waals surface area (Å²) in [6.07, 6.45) is 0.764. The Morgan fingerprint density at radius 2 is 2.23 bits per heavy atom. The van der Waals surface area contributed by atoms with E-state index >= 15 is 0 Å². The number of carbonyl (C=O) groups excluding carboxylic acids is 1. The first-order valence-electron chi connectivity index (χ1n) is 7.75. The summed E-state index contributed by atoms with van der Waals surface area (Å²) in [4.78, 5) is 11.3. The number of aliphatic hydroxyl groups is 2. The van der Waals surface area contributed by atoms with Crippen LogP contribution in [0.3, 0.4) is 0 Å². The van der Waals surface area contributed by atoms with Crippen molar-refractivity contribution in [1.82, 2.24) is 0 Å². The van der Waals surface area contributed by atoms with Crippen molar-refractivity contribution < 1.29 is 24.5 Å². The summed E-state index contributed by atoms with van der Waals surface area (Å²) in [6.45, 7) is 9.57. The van der Waals surface area contributed by atoms with Crippen molar-refractivity contribution in [3.63, 3.8) is 0 Å². The van der Waals surface area contributed by atoms with Gasteiger partial charge in [0.2, 0.25) is 0 Å². The summed E-state index contributed by atoms with van der Waals surface area (Å²) in [5, 5.41) is 21.0. The molecule has 2 bridgehead atoms. The maximum atomic E-state index is 11.3. The molecule has 3 aliphatic rings. The van der Waals surface area contributed by atoms with Gasteiger partial charge in [-0.25, -0.2) is 0 Å². The maximum Gasteiger partial charge on any atom is 0.302 e. The Morgan fingerprint density at radius 1 is 1.55 bits per heavy atom. The van der Waals surface area contributed by atoms with Gasteiger partial charge < -0.3 is 19.7 Å². The largest absolute Gasteiger partial charge is 0.465 e. The molecule has 0 aromatic carbocycles. The molecule has 3 rings (SSSR count). The van der Waals surface area contributed by atoms with Crippen LogP contribution in [0.5, 0.6) is 0 Å². The third-order valence-corrected chi connectivity index (χ3v) is 6.04. The van der Waals surface area contributed by atoms with Crippen molar-refractivity contribution in [2.75, 3.05) is 6.61 Å². The van der Waals surface area contributed by atoms with E-state index in [-0.39, 0.29) is 18.7 Å². The van der Waals surface area contributed by atoms with Gasteiger partial charge in [-0.15, -0.1) is 0 Å². The first-order chi connectivity index (χ1) is 10.2. The second-order valence-electron chi connectivity index (χ2n) is 7.09. The Kier molecular flexibility index (Phi) is 3.51. The van der Waals surface area contributed by atoms with Crippen molar-refractivity contribution in [3.8, 4) is 0 Å². The van der Waals surface area contributed by atoms with Crippen LogP contribution < -0.4 is 0 Å². The molecule has 0 aromatic rings. The summed E-state index contributed by atoms with van der Waals surface area (Å²) in [6, 6.07) is 0. The Balaban J connectivity index is 2.10. The minimum absolute atomic E-state index is 0.156. The number of hydrogen-bond acceptors (Lipinski definition) is 5. The second kappa shape index (κ2) is 4.91. The maximum absolute atomic E-state index is 11.3. The third kappa shape index (κ3) is 1.79. The SMILES string of the molecule is C=C1[C@@H]2O[C@@H]3C=C(C)CC[C@]3(COC(C)=O)[C@@]1(C)[C@H](O)[C@H]2O. The van der Waals surface area contributed by atoms with Crippen LogP contribution >= 0.6 is 0 Å². The number of allylic oxidation sites excluding steroid dienone is 1. The van der Waals surface area contributed by atoms with Gasteiger partial charge in [0.05, 0.1) is 12.2 Å². The van der Waals surface area contributed by atoms with Crippen LogP contribution in [0.2, 0.25) is 0 Å². The predicted octanol–water partition coefficient (Wildman–Crippen LogP) is 1.34. The van der Waals surface area contributed by atoms with Gasteiger partial charge in [0, 0.05) is 17.8 Å². The summed E-state index contributed by atoms with van der Waals surface area (Å²) in [5.41, 5.74) is 0.571. The lowest BCUT2D eigenvalue weighted by Gasteiger charge is -2.56. The Labute approximate surface area is 130 Å². The minimum atomic E-state index is -0.994. The van der Waals surface area contributed by atoms with Crippen LogP contribution in [0.25, 0.3) is 0 Å². The Morgan fingerprint density at radius 3 is 2.86 bits per heavy atom. The fourth-order valence-electron chi connectivity index (χ4n) is 4.46. The predicted molar refractivity (Wildman–Crippen MR) is 80.0 cm³/mol. The lowest BCUT2D eigenvalue weighted by Crippen LogP contribution is -2.59. The lowest BCUT2D eigenvalue weighted by atomic mass is 9.53. The molecule has 2 fully saturated rings. The van der Waals surface area contributed by atoms with Crippen LogP contribution in [-0.4, -0.2) is 47.2 Å². The van der Waals surface area contributed by atoms with E-state index < -0.39 is 29.1 Å². The number of rotatable bonds is 2. The molecule has 6 atom stereocenters. The average molecular weight is 308 g/mol. The molecule has 1 saturated heterocycles. The van der Waals surface area contributed by atoms with Crippen molar-refractivity contribution >= 4 is 5.97 Å². The lowest BCUT2D eigenvalue weighted by molar-refractivity contribution is -0.175. The topological polar surface area (TPSA) is 76.0 Å². The molecule has 1 heterocycles.